The fourth-order valence-corrected chi connectivity index (χ4v) is 13.4. The third kappa shape index (κ3) is 6.74. The van der Waals surface area contributed by atoms with Gasteiger partial charge in [-0.05, 0) is 88.4 Å². The van der Waals surface area contributed by atoms with E-state index in [0.29, 0.717) is 84.7 Å². The number of esters is 1. The lowest BCUT2D eigenvalue weighted by molar-refractivity contribution is -0.174. The molecule has 326 valence electrons. The average Bonchev–Trinajstić information content (AvgIpc) is 3.58. The average molecular weight is 888 g/mol. The van der Waals surface area contributed by atoms with Gasteiger partial charge in [0.2, 0.25) is 0 Å². The second kappa shape index (κ2) is 15.2. The Kier molecular flexibility index (Phi) is 9.75. The van der Waals surface area contributed by atoms with Gasteiger partial charge in [0.15, 0.2) is 11.0 Å². The number of anilines is 2. The molecule has 8 unspecified atom stereocenters. The largest absolute Gasteiger partial charge is 0.507 e. The molecule has 12 rings (SSSR count). The van der Waals surface area contributed by atoms with Gasteiger partial charge in [0.1, 0.15) is 51.6 Å². The summed E-state index contributed by atoms with van der Waals surface area (Å²) >= 11 is 0. The molecule has 1 spiro atoms. The summed E-state index contributed by atoms with van der Waals surface area (Å²) in [5.74, 6) is 1.24. The Morgan fingerprint density at radius 2 is 1.97 bits per heavy atom. The molecule has 6 bridgehead atoms. The first-order valence-corrected chi connectivity index (χ1v) is 24.1. The highest BCUT2D eigenvalue weighted by atomic mass is 33.1. The Labute approximate surface area is 372 Å². The number of ether oxygens (including phenoxy) is 3. The number of nitrogen functional groups attached to an aromatic ring is 2. The lowest BCUT2D eigenvalue weighted by Crippen LogP contribution is -2.56. The molecule has 7 aliphatic heterocycles. The number of carbonyl (C=O) groups excluding carboxylic acids is 1. The van der Waals surface area contributed by atoms with Crippen LogP contribution >= 0.6 is 21.6 Å². The van der Waals surface area contributed by atoms with Gasteiger partial charge >= 0.3 is 5.97 Å². The number of hydrogen-bond acceptors (Lipinski definition) is 16. The van der Waals surface area contributed by atoms with Gasteiger partial charge in [-0.1, -0.05) is 33.7 Å². The van der Waals surface area contributed by atoms with Gasteiger partial charge in [-0.25, -0.2) is 14.8 Å². The number of fused-ring (bicyclic) bond motifs is 8. The third-order valence-electron chi connectivity index (χ3n) is 14.0. The molecule has 2 saturated heterocycles. The lowest BCUT2D eigenvalue weighted by Gasteiger charge is -2.49. The zero-order valence-electron chi connectivity index (χ0n) is 35.3. The molecule has 16 heteroatoms. The van der Waals surface area contributed by atoms with E-state index in [2.05, 4.69) is 45.7 Å². The number of benzene rings is 1. The minimum Gasteiger partial charge on any atom is -0.507 e. The number of aromatic nitrogens is 2. The number of aryl methyl sites for hydroxylation is 2. The number of aromatic hydroxyl groups is 1. The number of allylic oxidation sites excluding steroid dienone is 2. The van der Waals surface area contributed by atoms with Crippen molar-refractivity contribution in [3.8, 4) is 22.8 Å². The van der Waals surface area contributed by atoms with E-state index in [1.54, 1.807) is 34.6 Å². The smallest absolute Gasteiger partial charge is 0.342 e. The number of carbonyl (C=O) groups is 1. The van der Waals surface area contributed by atoms with Crippen molar-refractivity contribution in [2.45, 2.75) is 81.2 Å². The fraction of sp³-hybridized carbons (Fsp3) is 0.426. The Morgan fingerprint density at radius 1 is 1.10 bits per heavy atom. The molecular weight excluding hydrogens is 839 g/mol. The highest BCUT2D eigenvalue weighted by molar-refractivity contribution is 8.76. The van der Waals surface area contributed by atoms with Gasteiger partial charge in [-0.2, -0.15) is 0 Å². The van der Waals surface area contributed by atoms with Crippen molar-refractivity contribution in [1.82, 2.24) is 20.2 Å². The minimum absolute atomic E-state index is 0.0323. The van der Waals surface area contributed by atoms with E-state index in [0.717, 1.165) is 34.6 Å². The van der Waals surface area contributed by atoms with E-state index in [1.165, 1.54) is 11.6 Å². The molecule has 63 heavy (non-hydrogen) atoms. The first-order chi connectivity index (χ1) is 30.4. The molecule has 10 heterocycles. The van der Waals surface area contributed by atoms with E-state index < -0.39 is 35.3 Å². The molecule has 8 aliphatic rings. The number of phenols is 1. The summed E-state index contributed by atoms with van der Waals surface area (Å²) in [6.07, 6.45) is 11.2. The minimum atomic E-state index is -1.21. The molecule has 0 radical (unpaired) electrons. The summed E-state index contributed by atoms with van der Waals surface area (Å²) in [5, 5.41) is 15.7. The van der Waals surface area contributed by atoms with Crippen LogP contribution in [0, 0.1) is 24.7 Å². The van der Waals surface area contributed by atoms with Crippen LogP contribution in [-0.2, 0) is 33.0 Å². The fourth-order valence-electron chi connectivity index (χ4n) is 11.1. The molecule has 1 aromatic carbocycles. The SMILES string of the molecule is CNCC1CC2C=CC1C1c3c(cc4oc(C)cc(=O)c4c3O)OC3(C)CCSSCc4c(cc(CN5C=C6N=CC=C6C5)nc4N)-c4cc(cc(N)n4)CCC4OC24C(=O)OC13. The molecule has 3 aromatic heterocycles. The maximum atomic E-state index is 15.0. The Morgan fingerprint density at radius 3 is 2.81 bits per heavy atom. The first-order valence-electron chi connectivity index (χ1n) is 21.6. The maximum absolute atomic E-state index is 15.0. The molecule has 1 aliphatic carbocycles. The predicted molar refractivity (Wildman–Crippen MR) is 244 cm³/mol. The molecule has 0 amide bonds. The highest BCUT2D eigenvalue weighted by Crippen LogP contribution is 2.60. The van der Waals surface area contributed by atoms with Crippen LogP contribution in [0.3, 0.4) is 0 Å². The normalized spacial score (nSPS) is 30.4. The van der Waals surface area contributed by atoms with E-state index in [4.69, 9.17) is 40.1 Å². The summed E-state index contributed by atoms with van der Waals surface area (Å²) in [6, 6.07) is 9.14. The zero-order valence-corrected chi connectivity index (χ0v) is 36.9. The molecule has 2 fully saturated rings. The van der Waals surface area contributed by atoms with Gasteiger partial charge in [0.25, 0.3) is 0 Å². The van der Waals surface area contributed by atoms with Gasteiger partial charge < -0.3 is 45.4 Å². The van der Waals surface area contributed by atoms with Crippen molar-refractivity contribution in [2.75, 3.05) is 37.4 Å². The molecule has 6 N–H and O–H groups in total. The molecule has 8 atom stereocenters. The summed E-state index contributed by atoms with van der Waals surface area (Å²) in [7, 11) is 5.25. The number of rotatable bonds is 4. The van der Waals surface area contributed by atoms with E-state index in [9.17, 15) is 9.90 Å². The number of hydrogen-bond donors (Lipinski definition) is 4. The van der Waals surface area contributed by atoms with E-state index in [-0.39, 0.29) is 39.9 Å². The van der Waals surface area contributed by atoms with Crippen LogP contribution in [-0.4, -0.2) is 81.5 Å². The molecule has 14 nitrogen and oxygen atoms in total. The van der Waals surface area contributed by atoms with Crippen LogP contribution < -0.4 is 26.9 Å². The van der Waals surface area contributed by atoms with E-state index >= 15 is 4.79 Å². The summed E-state index contributed by atoms with van der Waals surface area (Å²) in [5.41, 5.74) is 17.9. The Bertz CT molecular complexity index is 2790. The summed E-state index contributed by atoms with van der Waals surface area (Å²) in [6.45, 7) is 5.65. The van der Waals surface area contributed by atoms with Crippen molar-refractivity contribution in [2.24, 2.45) is 22.7 Å². The van der Waals surface area contributed by atoms with Crippen LogP contribution in [0.25, 0.3) is 22.2 Å². The third-order valence-corrected chi connectivity index (χ3v) is 16.3. The van der Waals surface area contributed by atoms with Crippen molar-refractivity contribution in [3.63, 3.8) is 0 Å². The maximum Gasteiger partial charge on any atom is 0.342 e. The number of nitrogens with zero attached hydrogens (tertiary/aromatic N) is 4. The number of pyridine rings is 2. The second-order valence-electron chi connectivity index (χ2n) is 18.1. The van der Waals surface area contributed by atoms with Crippen LogP contribution in [0.2, 0.25) is 0 Å². The van der Waals surface area contributed by atoms with E-state index in [1.807, 2.05) is 32.3 Å². The van der Waals surface area contributed by atoms with Crippen molar-refractivity contribution < 1.29 is 28.5 Å². The lowest BCUT2D eigenvalue weighted by atomic mass is 9.64. The van der Waals surface area contributed by atoms with Crippen LogP contribution in [0.4, 0.5) is 11.6 Å². The number of nitrogens with one attached hydrogen (secondary N) is 1. The topological polar surface area (TPSA) is 204 Å². The molecule has 0 saturated carbocycles. The van der Waals surface area contributed by atoms with Crippen LogP contribution in [0.15, 0.2) is 80.2 Å². The molecule has 4 aromatic rings. The van der Waals surface area contributed by atoms with Crippen molar-refractivity contribution in [3.05, 3.63) is 104 Å². The quantitative estimate of drug-likeness (QED) is 0.0764. The van der Waals surface area contributed by atoms with Crippen molar-refractivity contribution >= 4 is 56.4 Å². The monoisotopic (exact) mass is 887 g/mol. The standard InChI is InChI=1S/C47H49N7O7S2/c1-23-12-34(55)40-35(58-23)17-36-41(42(40)56)39-29-6-5-27(15-26(29)18-50-3)47-37(61-47)7-4-24-13-32(53-38(48)14-24)30-16-28(20-54-19-25-8-10-51-33(25)21-54)52-44(49)31(30)22-63-62-11-9-46(2,60-36)43(39)59-45(47)57/h5-6,8,10,12-14,16-17,21,26-27,29,37,39,43,50,56H,4,7,9,11,15,18-20,22H2,1-3H3,(H2,48,53)(H2,49,52). The Balaban J connectivity index is 1.01. The summed E-state index contributed by atoms with van der Waals surface area (Å²) < 4.78 is 26.5. The van der Waals surface area contributed by atoms with Crippen LogP contribution in [0.1, 0.15) is 60.2 Å². The van der Waals surface area contributed by atoms with Gasteiger partial charge in [0, 0.05) is 83.1 Å². The van der Waals surface area contributed by atoms with Gasteiger partial charge in [0.05, 0.1) is 29.7 Å². The van der Waals surface area contributed by atoms with Crippen LogP contribution in [0.5, 0.6) is 11.5 Å². The molecular formula is C47H49N7O7S2. The first kappa shape index (κ1) is 40.5. The second-order valence-corrected chi connectivity index (χ2v) is 20.7. The number of aliphatic imine (C=N–C) groups is 1. The van der Waals surface area contributed by atoms with Gasteiger partial charge in [-0.15, -0.1) is 0 Å². The zero-order chi connectivity index (χ0) is 43.4. The Hall–Kier alpha value is -5.29. The summed E-state index contributed by atoms with van der Waals surface area (Å²) in [4.78, 5) is 44.9. The number of epoxide rings is 1. The highest BCUT2D eigenvalue weighted by Gasteiger charge is 2.70. The van der Waals surface area contributed by atoms with Gasteiger partial charge in [-0.3, -0.25) is 9.79 Å². The van der Waals surface area contributed by atoms with Crippen molar-refractivity contribution in [1.29, 1.82) is 0 Å². The number of phenolic OH excluding ortho intramolecular Hbond substituents is 1. The number of nitrogens with two attached hydrogens (primary N) is 2. The predicted octanol–water partition coefficient (Wildman–Crippen LogP) is 6.34.